The third-order valence-corrected chi connectivity index (χ3v) is 4.49. The largest absolute Gasteiger partial charge is 0.416 e. The van der Waals surface area contributed by atoms with Gasteiger partial charge in [0.2, 0.25) is 0 Å². The SMILES string of the molecule is CC1(c2ccccc2C(F)(F)F)CC1CNC1CC1. The van der Waals surface area contributed by atoms with Crippen molar-refractivity contribution >= 4 is 0 Å². The van der Waals surface area contributed by atoms with E-state index in [0.717, 1.165) is 13.0 Å². The molecule has 19 heavy (non-hydrogen) atoms. The van der Waals surface area contributed by atoms with Crippen molar-refractivity contribution in [2.24, 2.45) is 5.92 Å². The zero-order valence-electron chi connectivity index (χ0n) is 10.9. The lowest BCUT2D eigenvalue weighted by atomic mass is 9.90. The van der Waals surface area contributed by atoms with Crippen LogP contribution < -0.4 is 5.32 Å². The van der Waals surface area contributed by atoms with Gasteiger partial charge in [-0.1, -0.05) is 25.1 Å². The van der Waals surface area contributed by atoms with Gasteiger partial charge in [-0.2, -0.15) is 13.2 Å². The second-order valence-electron chi connectivity index (χ2n) is 6.04. The van der Waals surface area contributed by atoms with Gasteiger partial charge in [-0.3, -0.25) is 0 Å². The van der Waals surface area contributed by atoms with Gasteiger partial charge in [0.25, 0.3) is 0 Å². The minimum Gasteiger partial charge on any atom is -0.314 e. The third-order valence-electron chi connectivity index (χ3n) is 4.49. The van der Waals surface area contributed by atoms with Gasteiger partial charge in [0.1, 0.15) is 0 Å². The molecule has 104 valence electrons. The van der Waals surface area contributed by atoms with E-state index in [4.69, 9.17) is 0 Å². The summed E-state index contributed by atoms with van der Waals surface area (Å²) >= 11 is 0. The van der Waals surface area contributed by atoms with Crippen molar-refractivity contribution in [2.45, 2.75) is 43.8 Å². The summed E-state index contributed by atoms with van der Waals surface area (Å²) in [6.07, 6.45) is -0.985. The molecule has 2 aliphatic carbocycles. The fourth-order valence-electron chi connectivity index (χ4n) is 2.90. The van der Waals surface area contributed by atoms with Crippen LogP contribution in [0, 0.1) is 5.92 Å². The average Bonchev–Trinajstić information content (AvgIpc) is 3.23. The fourth-order valence-corrected chi connectivity index (χ4v) is 2.90. The molecule has 2 saturated carbocycles. The molecular formula is C15H18F3N. The lowest BCUT2D eigenvalue weighted by molar-refractivity contribution is -0.138. The minimum absolute atomic E-state index is 0.312. The maximum atomic E-state index is 13.0. The zero-order chi connectivity index (χ0) is 13.7. The van der Waals surface area contributed by atoms with Gasteiger partial charge in [0.15, 0.2) is 0 Å². The lowest BCUT2D eigenvalue weighted by Gasteiger charge is -2.19. The Morgan fingerprint density at radius 2 is 1.95 bits per heavy atom. The molecule has 0 aliphatic heterocycles. The normalized spacial score (nSPS) is 30.4. The second-order valence-corrected chi connectivity index (χ2v) is 6.04. The number of nitrogens with one attached hydrogen (secondary N) is 1. The van der Waals surface area contributed by atoms with Gasteiger partial charge in [-0.05, 0) is 48.8 Å². The van der Waals surface area contributed by atoms with E-state index in [0.29, 0.717) is 17.5 Å². The summed E-state index contributed by atoms with van der Waals surface area (Å²) in [5, 5.41) is 3.42. The Hall–Kier alpha value is -1.03. The standard InChI is InChI=1S/C15H18F3N/c1-14(8-10(14)9-19-11-6-7-11)12-4-2-3-5-13(12)15(16,17)18/h2-5,10-11,19H,6-9H2,1H3. The number of hydrogen-bond donors (Lipinski definition) is 1. The smallest absolute Gasteiger partial charge is 0.314 e. The van der Waals surface area contributed by atoms with Crippen LogP contribution in [-0.4, -0.2) is 12.6 Å². The van der Waals surface area contributed by atoms with Gasteiger partial charge < -0.3 is 5.32 Å². The molecule has 0 heterocycles. The topological polar surface area (TPSA) is 12.0 Å². The number of rotatable bonds is 4. The van der Waals surface area contributed by atoms with E-state index >= 15 is 0 Å². The molecule has 0 amide bonds. The van der Waals surface area contributed by atoms with E-state index < -0.39 is 11.7 Å². The van der Waals surface area contributed by atoms with Crippen molar-refractivity contribution in [3.63, 3.8) is 0 Å². The molecule has 1 N–H and O–H groups in total. The monoisotopic (exact) mass is 269 g/mol. The van der Waals surface area contributed by atoms with E-state index in [-0.39, 0.29) is 5.41 Å². The van der Waals surface area contributed by atoms with Crippen molar-refractivity contribution in [1.82, 2.24) is 5.32 Å². The van der Waals surface area contributed by atoms with Gasteiger partial charge in [0.05, 0.1) is 5.56 Å². The van der Waals surface area contributed by atoms with Gasteiger partial charge in [-0.15, -0.1) is 0 Å². The van der Waals surface area contributed by atoms with Crippen LogP contribution in [0.25, 0.3) is 0 Å². The first-order valence-corrected chi connectivity index (χ1v) is 6.81. The van der Waals surface area contributed by atoms with Crippen LogP contribution in [-0.2, 0) is 11.6 Å². The molecule has 1 aromatic rings. The molecule has 2 fully saturated rings. The second kappa shape index (κ2) is 4.23. The number of alkyl halides is 3. The van der Waals surface area contributed by atoms with Crippen molar-refractivity contribution in [2.75, 3.05) is 6.54 Å². The molecule has 0 bridgehead atoms. The summed E-state index contributed by atoms with van der Waals surface area (Å²) in [5.41, 5.74) is -0.315. The van der Waals surface area contributed by atoms with Crippen LogP contribution in [0.1, 0.15) is 37.3 Å². The first kappa shape index (κ1) is 13.0. The third kappa shape index (κ3) is 2.50. The molecule has 2 aliphatic rings. The molecule has 2 unspecified atom stereocenters. The van der Waals surface area contributed by atoms with Gasteiger partial charge in [-0.25, -0.2) is 0 Å². The molecule has 4 heteroatoms. The predicted octanol–water partition coefficient (Wildman–Crippen LogP) is 3.74. The zero-order valence-corrected chi connectivity index (χ0v) is 10.9. The number of hydrogen-bond acceptors (Lipinski definition) is 1. The number of halogens is 3. The molecule has 0 spiro atoms. The fraction of sp³-hybridized carbons (Fsp3) is 0.600. The Morgan fingerprint density at radius 3 is 2.58 bits per heavy atom. The molecule has 0 radical (unpaired) electrons. The number of benzene rings is 1. The van der Waals surface area contributed by atoms with Crippen LogP contribution in [0.5, 0.6) is 0 Å². The highest BCUT2D eigenvalue weighted by molar-refractivity contribution is 5.41. The first-order valence-electron chi connectivity index (χ1n) is 6.81. The van der Waals surface area contributed by atoms with Crippen molar-refractivity contribution in [1.29, 1.82) is 0 Å². The van der Waals surface area contributed by atoms with Crippen molar-refractivity contribution in [3.05, 3.63) is 35.4 Å². The Balaban J connectivity index is 1.78. The Labute approximate surface area is 111 Å². The summed E-state index contributed by atoms with van der Waals surface area (Å²) in [5.74, 6) is 0.330. The maximum Gasteiger partial charge on any atom is 0.416 e. The summed E-state index contributed by atoms with van der Waals surface area (Å²) in [7, 11) is 0. The van der Waals surface area contributed by atoms with Gasteiger partial charge >= 0.3 is 6.18 Å². The van der Waals surface area contributed by atoms with Crippen molar-refractivity contribution < 1.29 is 13.2 Å². The summed E-state index contributed by atoms with van der Waals surface area (Å²) in [4.78, 5) is 0. The van der Waals surface area contributed by atoms with E-state index in [1.165, 1.54) is 25.0 Å². The lowest BCUT2D eigenvalue weighted by Crippen LogP contribution is -2.23. The average molecular weight is 269 g/mol. The predicted molar refractivity (Wildman–Crippen MR) is 67.9 cm³/mol. The van der Waals surface area contributed by atoms with Gasteiger partial charge in [0, 0.05) is 6.04 Å². The highest BCUT2D eigenvalue weighted by atomic mass is 19.4. The van der Waals surface area contributed by atoms with E-state index in [1.54, 1.807) is 12.1 Å². The van der Waals surface area contributed by atoms with Crippen LogP contribution in [0.2, 0.25) is 0 Å². The summed E-state index contributed by atoms with van der Waals surface area (Å²) < 4.78 is 39.1. The highest BCUT2D eigenvalue weighted by Crippen LogP contribution is 2.56. The van der Waals surface area contributed by atoms with E-state index in [9.17, 15) is 13.2 Å². The molecule has 3 rings (SSSR count). The van der Waals surface area contributed by atoms with Crippen LogP contribution >= 0.6 is 0 Å². The van der Waals surface area contributed by atoms with Crippen LogP contribution in [0.4, 0.5) is 13.2 Å². The summed E-state index contributed by atoms with van der Waals surface area (Å²) in [6.45, 7) is 2.80. The Bertz CT molecular complexity index is 479. The molecular weight excluding hydrogens is 251 g/mol. The summed E-state index contributed by atoms with van der Waals surface area (Å²) in [6, 6.07) is 6.63. The highest BCUT2D eigenvalue weighted by Gasteiger charge is 2.54. The molecule has 1 nitrogen and oxygen atoms in total. The quantitative estimate of drug-likeness (QED) is 0.878. The van der Waals surface area contributed by atoms with Crippen LogP contribution in [0.3, 0.4) is 0 Å². The molecule has 1 aromatic carbocycles. The van der Waals surface area contributed by atoms with Crippen LogP contribution in [0.15, 0.2) is 24.3 Å². The molecule has 0 aromatic heterocycles. The first-order chi connectivity index (χ1) is 8.91. The molecule has 2 atom stereocenters. The van der Waals surface area contributed by atoms with E-state index in [2.05, 4.69) is 5.32 Å². The Morgan fingerprint density at radius 1 is 1.26 bits per heavy atom. The van der Waals surface area contributed by atoms with Crippen molar-refractivity contribution in [3.8, 4) is 0 Å². The van der Waals surface area contributed by atoms with E-state index in [1.807, 2.05) is 6.92 Å². The molecule has 0 saturated heterocycles. The minimum atomic E-state index is -4.25. The maximum absolute atomic E-state index is 13.0. The Kier molecular flexibility index (Phi) is 2.89.